The summed E-state index contributed by atoms with van der Waals surface area (Å²) in [5, 5.41) is 28.7. The molecule has 3 rings (SSSR count). The summed E-state index contributed by atoms with van der Waals surface area (Å²) in [6.45, 7) is 0. The number of ketones is 2. The SMILES string of the molecule is O=C(O)c1ccc(O)c2c1C(=O)c1cccc(O)c1C2=O. The molecule has 0 unspecified atom stereocenters. The van der Waals surface area contributed by atoms with E-state index in [2.05, 4.69) is 0 Å². The number of carbonyl (C=O) groups excluding carboxylic acids is 2. The molecule has 0 saturated carbocycles. The summed E-state index contributed by atoms with van der Waals surface area (Å²) in [7, 11) is 0. The number of carboxylic acid groups (broad SMARTS) is 1. The first-order chi connectivity index (χ1) is 9.93. The third-order valence-corrected chi connectivity index (χ3v) is 3.38. The average molecular weight is 284 g/mol. The number of rotatable bonds is 1. The molecule has 0 saturated heterocycles. The van der Waals surface area contributed by atoms with Crippen molar-refractivity contribution in [3.63, 3.8) is 0 Å². The molecule has 6 nitrogen and oxygen atoms in total. The zero-order chi connectivity index (χ0) is 15.3. The van der Waals surface area contributed by atoms with Crippen LogP contribution in [0.5, 0.6) is 11.5 Å². The van der Waals surface area contributed by atoms with Crippen LogP contribution >= 0.6 is 0 Å². The molecule has 3 N–H and O–H groups in total. The Hall–Kier alpha value is -3.15. The predicted octanol–water partition coefficient (Wildman–Crippen LogP) is 1.57. The highest BCUT2D eigenvalue weighted by Gasteiger charge is 2.37. The summed E-state index contributed by atoms with van der Waals surface area (Å²) in [5.41, 5.74) is -1.43. The van der Waals surface area contributed by atoms with Gasteiger partial charge < -0.3 is 15.3 Å². The zero-order valence-electron chi connectivity index (χ0n) is 10.5. The van der Waals surface area contributed by atoms with Crippen molar-refractivity contribution in [1.82, 2.24) is 0 Å². The Kier molecular flexibility index (Phi) is 2.56. The second kappa shape index (κ2) is 4.17. The molecular formula is C15H8O6. The number of hydrogen-bond acceptors (Lipinski definition) is 5. The van der Waals surface area contributed by atoms with E-state index in [1.165, 1.54) is 18.2 Å². The number of fused-ring (bicyclic) bond motifs is 2. The van der Waals surface area contributed by atoms with Crippen LogP contribution in [0, 0.1) is 0 Å². The maximum Gasteiger partial charge on any atom is 0.336 e. The van der Waals surface area contributed by atoms with Crippen molar-refractivity contribution in [2.75, 3.05) is 0 Å². The molecule has 0 amide bonds. The van der Waals surface area contributed by atoms with E-state index in [0.29, 0.717) is 0 Å². The van der Waals surface area contributed by atoms with Crippen LogP contribution < -0.4 is 0 Å². The predicted molar refractivity (Wildman–Crippen MR) is 70.0 cm³/mol. The smallest absolute Gasteiger partial charge is 0.336 e. The van der Waals surface area contributed by atoms with Crippen LogP contribution in [0.1, 0.15) is 42.2 Å². The minimum absolute atomic E-state index is 0.0828. The van der Waals surface area contributed by atoms with Gasteiger partial charge in [0.1, 0.15) is 11.5 Å². The maximum absolute atomic E-state index is 12.4. The van der Waals surface area contributed by atoms with Gasteiger partial charge in [0.2, 0.25) is 5.78 Å². The number of carbonyl (C=O) groups is 3. The van der Waals surface area contributed by atoms with Crippen LogP contribution in [0.25, 0.3) is 0 Å². The molecule has 0 fully saturated rings. The van der Waals surface area contributed by atoms with Crippen LogP contribution in [0.4, 0.5) is 0 Å². The van der Waals surface area contributed by atoms with Gasteiger partial charge in [-0.05, 0) is 18.2 Å². The van der Waals surface area contributed by atoms with E-state index in [0.717, 1.165) is 12.1 Å². The molecule has 1 aliphatic rings. The summed E-state index contributed by atoms with van der Waals surface area (Å²) in [6.07, 6.45) is 0. The van der Waals surface area contributed by atoms with Gasteiger partial charge in [-0.25, -0.2) is 4.79 Å². The van der Waals surface area contributed by atoms with Crippen molar-refractivity contribution in [3.05, 3.63) is 58.1 Å². The van der Waals surface area contributed by atoms with Gasteiger partial charge in [0.25, 0.3) is 0 Å². The van der Waals surface area contributed by atoms with Gasteiger partial charge in [-0.3, -0.25) is 9.59 Å². The lowest BCUT2D eigenvalue weighted by atomic mass is 9.81. The average Bonchev–Trinajstić information content (AvgIpc) is 2.43. The van der Waals surface area contributed by atoms with E-state index in [-0.39, 0.29) is 22.3 Å². The normalized spacial score (nSPS) is 12.8. The van der Waals surface area contributed by atoms with Crippen molar-refractivity contribution in [1.29, 1.82) is 0 Å². The molecule has 21 heavy (non-hydrogen) atoms. The second-order valence-electron chi connectivity index (χ2n) is 4.55. The maximum atomic E-state index is 12.4. The number of aromatic hydroxyl groups is 2. The lowest BCUT2D eigenvalue weighted by molar-refractivity contribution is 0.0692. The van der Waals surface area contributed by atoms with Crippen LogP contribution in [0.3, 0.4) is 0 Å². The lowest BCUT2D eigenvalue weighted by Gasteiger charge is -2.20. The van der Waals surface area contributed by atoms with Crippen LogP contribution in [-0.4, -0.2) is 32.9 Å². The standard InChI is InChI=1S/C15H8O6/c16-8-3-1-2-6-10(8)14(19)12-9(17)5-4-7(15(20)21)11(12)13(6)18/h1-5,16-17H,(H,20,21). The Balaban J connectivity index is 2.43. The highest BCUT2D eigenvalue weighted by atomic mass is 16.4. The number of benzene rings is 2. The quantitative estimate of drug-likeness (QED) is 0.625. The number of phenolic OH excluding ortho intramolecular Hbond substituents is 2. The number of aromatic carboxylic acids is 1. The van der Waals surface area contributed by atoms with Crippen molar-refractivity contribution in [3.8, 4) is 11.5 Å². The molecule has 1 aliphatic carbocycles. The first kappa shape index (κ1) is 12.9. The molecule has 6 heteroatoms. The van der Waals surface area contributed by atoms with Crippen LogP contribution in [0.2, 0.25) is 0 Å². The van der Waals surface area contributed by atoms with Crippen LogP contribution in [0.15, 0.2) is 30.3 Å². The largest absolute Gasteiger partial charge is 0.507 e. The van der Waals surface area contributed by atoms with Crippen LogP contribution in [-0.2, 0) is 0 Å². The fourth-order valence-electron chi connectivity index (χ4n) is 2.46. The molecule has 0 bridgehead atoms. The lowest BCUT2D eigenvalue weighted by Crippen LogP contribution is -2.24. The summed E-state index contributed by atoms with van der Waals surface area (Å²) in [4.78, 5) is 36.1. The van der Waals surface area contributed by atoms with Crippen molar-refractivity contribution >= 4 is 17.5 Å². The number of hydrogen-bond donors (Lipinski definition) is 3. The molecule has 0 spiro atoms. The molecule has 104 valence electrons. The molecule has 0 aliphatic heterocycles. The number of phenols is 2. The molecule has 0 radical (unpaired) electrons. The fraction of sp³-hybridized carbons (Fsp3) is 0. The summed E-state index contributed by atoms with van der Waals surface area (Å²) < 4.78 is 0. The monoisotopic (exact) mass is 284 g/mol. The first-order valence-corrected chi connectivity index (χ1v) is 5.94. The topological polar surface area (TPSA) is 112 Å². The third kappa shape index (κ3) is 1.62. The zero-order valence-corrected chi connectivity index (χ0v) is 10.5. The van der Waals surface area contributed by atoms with E-state index in [4.69, 9.17) is 5.11 Å². The Morgan fingerprint density at radius 3 is 2.14 bits per heavy atom. The van der Waals surface area contributed by atoms with E-state index < -0.39 is 34.6 Å². The van der Waals surface area contributed by atoms with Gasteiger partial charge in [0.05, 0.1) is 22.3 Å². The van der Waals surface area contributed by atoms with E-state index in [1.807, 2.05) is 0 Å². The van der Waals surface area contributed by atoms with Gasteiger partial charge in [-0.15, -0.1) is 0 Å². The molecule has 2 aromatic rings. The van der Waals surface area contributed by atoms with Gasteiger partial charge >= 0.3 is 5.97 Å². The fourth-order valence-corrected chi connectivity index (χ4v) is 2.46. The van der Waals surface area contributed by atoms with Gasteiger partial charge in [0.15, 0.2) is 5.78 Å². The van der Waals surface area contributed by atoms with E-state index in [1.54, 1.807) is 0 Å². The Morgan fingerprint density at radius 1 is 0.810 bits per heavy atom. The highest BCUT2D eigenvalue weighted by Crippen LogP contribution is 2.37. The summed E-state index contributed by atoms with van der Waals surface area (Å²) in [5.74, 6) is -3.77. The van der Waals surface area contributed by atoms with Crippen molar-refractivity contribution in [2.45, 2.75) is 0 Å². The Bertz CT molecular complexity index is 834. The van der Waals surface area contributed by atoms with Gasteiger partial charge in [-0.2, -0.15) is 0 Å². The first-order valence-electron chi connectivity index (χ1n) is 5.94. The van der Waals surface area contributed by atoms with E-state index >= 15 is 0 Å². The molecule has 0 atom stereocenters. The molecule has 0 aromatic heterocycles. The number of carboxylic acids is 1. The van der Waals surface area contributed by atoms with Crippen molar-refractivity contribution < 1.29 is 29.7 Å². The third-order valence-electron chi connectivity index (χ3n) is 3.38. The Morgan fingerprint density at radius 2 is 1.48 bits per heavy atom. The van der Waals surface area contributed by atoms with E-state index in [9.17, 15) is 24.6 Å². The molecule has 0 heterocycles. The minimum Gasteiger partial charge on any atom is -0.507 e. The van der Waals surface area contributed by atoms with Crippen molar-refractivity contribution in [2.24, 2.45) is 0 Å². The Labute approximate surface area is 117 Å². The summed E-state index contributed by atoms with van der Waals surface area (Å²) in [6, 6.07) is 6.06. The molecular weight excluding hydrogens is 276 g/mol. The van der Waals surface area contributed by atoms with Gasteiger partial charge in [-0.1, -0.05) is 12.1 Å². The van der Waals surface area contributed by atoms with Gasteiger partial charge in [0, 0.05) is 5.56 Å². The summed E-state index contributed by atoms with van der Waals surface area (Å²) >= 11 is 0. The minimum atomic E-state index is -1.38. The second-order valence-corrected chi connectivity index (χ2v) is 4.55. The highest BCUT2D eigenvalue weighted by molar-refractivity contribution is 6.32. The molecule has 2 aromatic carbocycles.